The molecule has 0 aliphatic rings. The van der Waals surface area contributed by atoms with Crippen LogP contribution in [0.5, 0.6) is 0 Å². The number of nitrogens with one attached hydrogen (secondary N) is 1. The van der Waals surface area contributed by atoms with E-state index in [4.69, 9.17) is 12.2 Å². The molecule has 2 amide bonds. The van der Waals surface area contributed by atoms with Crippen molar-refractivity contribution >= 4 is 64.6 Å². The van der Waals surface area contributed by atoms with Crippen molar-refractivity contribution in [1.82, 2.24) is 10.2 Å². The number of carbonyl (C=O) groups excluding carboxylic acids is 2. The number of thioether (sulfide) groups is 1. The van der Waals surface area contributed by atoms with Gasteiger partial charge in [-0.05, 0) is 44.5 Å². The summed E-state index contributed by atoms with van der Waals surface area (Å²) in [6, 6.07) is 3.87. The Labute approximate surface area is 209 Å². The van der Waals surface area contributed by atoms with Gasteiger partial charge < -0.3 is 15.2 Å². The van der Waals surface area contributed by atoms with Crippen LogP contribution in [-0.4, -0.2) is 55.3 Å². The van der Waals surface area contributed by atoms with Crippen LogP contribution < -0.4 is 5.32 Å². The Morgan fingerprint density at radius 2 is 1.91 bits per heavy atom. The Hall–Kier alpha value is -1.77. The number of allylic oxidation sites excluding steroid dienone is 1. The highest BCUT2D eigenvalue weighted by molar-refractivity contribution is 8.24. The zero-order valence-corrected chi connectivity index (χ0v) is 23.2. The van der Waals surface area contributed by atoms with Crippen molar-refractivity contribution in [2.24, 2.45) is 4.99 Å². The molecule has 0 aromatic carbocycles. The van der Waals surface area contributed by atoms with Gasteiger partial charge in [-0.2, -0.15) is 0 Å². The van der Waals surface area contributed by atoms with Crippen LogP contribution in [0, 0.1) is 0 Å². The maximum absolute atomic E-state index is 12.4. The second-order valence-electron chi connectivity index (χ2n) is 6.19. The van der Waals surface area contributed by atoms with Crippen molar-refractivity contribution in [2.45, 2.75) is 53.9 Å². The number of nitrogens with zero attached hydrogens (tertiary/aromatic N) is 2. The SMILES string of the molecule is C=C(C)CCC.C=NC.CC.CCNC(=O)CCN(C)C(=O)/C(=C/c1cccs1)SC=S. The summed E-state index contributed by atoms with van der Waals surface area (Å²) in [6.45, 7) is 17.9. The molecular weight excluding hydrogens is 458 g/mol. The number of carbonyl (C=O) groups is 2. The molecule has 5 nitrogen and oxygen atoms in total. The van der Waals surface area contributed by atoms with Crippen molar-refractivity contribution in [3.63, 3.8) is 0 Å². The zero-order chi connectivity index (χ0) is 25.4. The Morgan fingerprint density at radius 1 is 1.31 bits per heavy atom. The first-order chi connectivity index (χ1) is 15.3. The third-order valence-electron chi connectivity index (χ3n) is 3.27. The number of thiophene rings is 1. The quantitative estimate of drug-likeness (QED) is 0.173. The second kappa shape index (κ2) is 25.5. The summed E-state index contributed by atoms with van der Waals surface area (Å²) in [5, 5.41) is 4.67. The van der Waals surface area contributed by atoms with E-state index in [1.54, 1.807) is 30.3 Å². The van der Waals surface area contributed by atoms with Gasteiger partial charge in [0.2, 0.25) is 5.91 Å². The summed E-state index contributed by atoms with van der Waals surface area (Å²) >= 11 is 7.62. The number of hydrogen-bond acceptors (Lipinski definition) is 6. The highest BCUT2D eigenvalue weighted by atomic mass is 32.2. The van der Waals surface area contributed by atoms with Crippen LogP contribution in [0.2, 0.25) is 0 Å². The minimum atomic E-state index is -0.126. The van der Waals surface area contributed by atoms with E-state index in [9.17, 15) is 9.59 Å². The minimum absolute atomic E-state index is 0.0524. The van der Waals surface area contributed by atoms with Gasteiger partial charge in [-0.25, -0.2) is 0 Å². The first kappa shape index (κ1) is 34.8. The summed E-state index contributed by atoms with van der Waals surface area (Å²) in [5.74, 6) is -0.179. The molecule has 0 saturated heterocycles. The number of amides is 2. The van der Waals surface area contributed by atoms with E-state index in [1.807, 2.05) is 44.4 Å². The van der Waals surface area contributed by atoms with Gasteiger partial charge in [0.25, 0.3) is 5.91 Å². The Bertz CT molecular complexity index is 672. The van der Waals surface area contributed by atoms with Gasteiger partial charge in [-0.3, -0.25) is 9.59 Å². The Kier molecular flexibility index (Phi) is 27.7. The number of thiocarbonyl (C=S) groups is 1. The normalized spacial score (nSPS) is 9.41. The van der Waals surface area contributed by atoms with Gasteiger partial charge in [0.05, 0.1) is 4.91 Å². The summed E-state index contributed by atoms with van der Waals surface area (Å²) in [6.07, 6.45) is 4.53. The smallest absolute Gasteiger partial charge is 0.260 e. The topological polar surface area (TPSA) is 61.8 Å². The molecule has 182 valence electrons. The number of hydrogen-bond donors (Lipinski definition) is 1. The molecule has 8 heteroatoms. The van der Waals surface area contributed by atoms with Gasteiger partial charge >= 0.3 is 0 Å². The lowest BCUT2D eigenvalue weighted by Gasteiger charge is -2.17. The fraction of sp³-hybridized carbons (Fsp3) is 0.500. The molecule has 1 rings (SSSR count). The molecule has 0 fully saturated rings. The first-order valence-electron chi connectivity index (χ1n) is 10.6. The maximum Gasteiger partial charge on any atom is 0.260 e. The maximum atomic E-state index is 12.4. The number of aliphatic imine (C=N–C) groups is 1. The number of likely N-dealkylation sites (N-methyl/N-ethyl adjacent to an activating group) is 1. The van der Waals surface area contributed by atoms with Crippen molar-refractivity contribution in [1.29, 1.82) is 0 Å². The monoisotopic (exact) mass is 499 g/mol. The average molecular weight is 500 g/mol. The lowest BCUT2D eigenvalue weighted by molar-refractivity contribution is -0.126. The molecule has 1 aromatic heterocycles. The van der Waals surface area contributed by atoms with Crippen LogP contribution in [0.15, 0.2) is 39.6 Å². The Morgan fingerprint density at radius 3 is 2.28 bits per heavy atom. The van der Waals surface area contributed by atoms with E-state index < -0.39 is 0 Å². The fourth-order valence-corrected chi connectivity index (χ4v) is 3.57. The van der Waals surface area contributed by atoms with Crippen molar-refractivity contribution in [3.05, 3.63) is 39.4 Å². The third-order valence-corrected chi connectivity index (χ3v) is 5.02. The van der Waals surface area contributed by atoms with E-state index in [2.05, 4.69) is 37.5 Å². The molecule has 0 atom stereocenters. The standard InChI is InChI=1S/C14H18N2O2S3.C6H12.C2H5N.C2H6/c1-3-15-13(17)6-7-16(2)14(18)12(21-10-19)9-11-5-4-8-20-11;1-4-5-6(2)3;1-3-2;1-2/h4-5,8-10H,3,6-7H2,1-2H3,(H,15,17);2,4-5H2,1,3H3;1H2,2H3;1-2H3/b12-9-;;;. The molecule has 0 aliphatic carbocycles. The largest absolute Gasteiger partial charge is 0.356 e. The Balaban J connectivity index is -0.000000639. The van der Waals surface area contributed by atoms with Crippen LogP contribution >= 0.6 is 35.3 Å². The van der Waals surface area contributed by atoms with Crippen LogP contribution in [-0.2, 0) is 9.59 Å². The van der Waals surface area contributed by atoms with Gasteiger partial charge in [0.15, 0.2) is 0 Å². The van der Waals surface area contributed by atoms with Crippen LogP contribution in [0.1, 0.15) is 58.8 Å². The predicted octanol–water partition coefficient (Wildman–Crippen LogP) is 6.47. The van der Waals surface area contributed by atoms with Crippen molar-refractivity contribution in [3.8, 4) is 0 Å². The molecule has 0 radical (unpaired) electrons. The molecular formula is C24H41N3O2S3. The predicted molar refractivity (Wildman–Crippen MR) is 151 cm³/mol. The van der Waals surface area contributed by atoms with E-state index in [0.29, 0.717) is 24.4 Å². The third kappa shape index (κ3) is 21.5. The van der Waals surface area contributed by atoms with E-state index in [1.165, 1.54) is 34.9 Å². The van der Waals surface area contributed by atoms with Gasteiger partial charge in [-0.1, -0.05) is 62.8 Å². The highest BCUT2D eigenvalue weighted by Gasteiger charge is 2.16. The fourth-order valence-electron chi connectivity index (χ4n) is 1.97. The molecule has 0 unspecified atom stereocenters. The molecule has 32 heavy (non-hydrogen) atoms. The summed E-state index contributed by atoms with van der Waals surface area (Å²) in [4.78, 5) is 30.2. The van der Waals surface area contributed by atoms with E-state index in [-0.39, 0.29) is 11.8 Å². The zero-order valence-electron chi connectivity index (χ0n) is 20.8. The number of rotatable bonds is 10. The van der Waals surface area contributed by atoms with Crippen LogP contribution in [0.25, 0.3) is 6.08 Å². The first-order valence-corrected chi connectivity index (χ1v) is 12.9. The highest BCUT2D eigenvalue weighted by Crippen LogP contribution is 2.22. The molecule has 1 aromatic rings. The molecule has 0 spiro atoms. The molecule has 0 bridgehead atoms. The van der Waals surface area contributed by atoms with Gasteiger partial charge in [0, 0.05) is 43.2 Å². The molecule has 0 aliphatic heterocycles. The molecule has 1 N–H and O–H groups in total. The summed E-state index contributed by atoms with van der Waals surface area (Å²) in [7, 11) is 3.33. The molecule has 1 heterocycles. The molecule has 0 saturated carbocycles. The lowest BCUT2D eigenvalue weighted by Crippen LogP contribution is -2.32. The van der Waals surface area contributed by atoms with Crippen LogP contribution in [0.4, 0.5) is 0 Å². The van der Waals surface area contributed by atoms with Crippen molar-refractivity contribution < 1.29 is 9.59 Å². The minimum Gasteiger partial charge on any atom is -0.356 e. The average Bonchev–Trinajstić information content (AvgIpc) is 3.27. The van der Waals surface area contributed by atoms with E-state index in [0.717, 1.165) is 4.88 Å². The summed E-state index contributed by atoms with van der Waals surface area (Å²) < 4.78 is 1.47. The van der Waals surface area contributed by atoms with Crippen molar-refractivity contribution in [2.75, 3.05) is 27.2 Å². The van der Waals surface area contributed by atoms with E-state index >= 15 is 0 Å². The second-order valence-corrected chi connectivity index (χ2v) is 8.62. The lowest BCUT2D eigenvalue weighted by atomic mass is 10.2. The van der Waals surface area contributed by atoms with Crippen LogP contribution in [0.3, 0.4) is 0 Å². The summed E-state index contributed by atoms with van der Waals surface area (Å²) in [5.41, 5.74) is 1.29. The van der Waals surface area contributed by atoms with Gasteiger partial charge in [-0.15, -0.1) is 17.9 Å². The van der Waals surface area contributed by atoms with Gasteiger partial charge in [0.1, 0.15) is 0 Å².